The molecule has 3 rings (SSSR count). The van der Waals surface area contributed by atoms with Crippen LogP contribution in [-0.2, 0) is 11.2 Å². The van der Waals surface area contributed by atoms with Gasteiger partial charge >= 0.3 is 0 Å². The van der Waals surface area contributed by atoms with E-state index in [1.807, 2.05) is 24.3 Å². The summed E-state index contributed by atoms with van der Waals surface area (Å²) in [4.78, 5) is 11.9. The number of benzene rings is 1. The van der Waals surface area contributed by atoms with Crippen LogP contribution in [0.5, 0.6) is 5.75 Å². The molecule has 1 unspecified atom stereocenters. The molecule has 0 aromatic heterocycles. The summed E-state index contributed by atoms with van der Waals surface area (Å²) in [6.07, 6.45) is 2.87. The van der Waals surface area contributed by atoms with Gasteiger partial charge in [0.25, 0.3) is 5.91 Å². The minimum atomic E-state index is -0.358. The minimum Gasteiger partial charge on any atom is -0.480 e. The van der Waals surface area contributed by atoms with Gasteiger partial charge in [0.15, 0.2) is 6.10 Å². The Morgan fingerprint density at radius 1 is 1.28 bits per heavy atom. The number of para-hydroxylation sites is 1. The highest BCUT2D eigenvalue weighted by Crippen LogP contribution is 2.28. The first kappa shape index (κ1) is 11.5. The number of hydrogen-bond donors (Lipinski definition) is 2. The standard InChI is InChI=1S/C14H18N2O2/c17-14(16-8-7-15-11-5-6-11)13-9-10-3-1-2-4-12(10)18-13/h1-4,11,13,15H,5-9H2,(H,16,17). The summed E-state index contributed by atoms with van der Waals surface area (Å²) in [5.41, 5.74) is 1.12. The first-order chi connectivity index (χ1) is 8.83. The van der Waals surface area contributed by atoms with Crippen molar-refractivity contribution in [1.82, 2.24) is 10.6 Å². The molecule has 2 N–H and O–H groups in total. The highest BCUT2D eigenvalue weighted by Gasteiger charge is 2.28. The number of fused-ring (bicyclic) bond motifs is 1. The largest absolute Gasteiger partial charge is 0.480 e. The average molecular weight is 246 g/mol. The molecule has 2 aliphatic rings. The first-order valence-electron chi connectivity index (χ1n) is 6.58. The van der Waals surface area contributed by atoms with Crippen LogP contribution in [0.1, 0.15) is 18.4 Å². The zero-order valence-corrected chi connectivity index (χ0v) is 10.3. The lowest BCUT2D eigenvalue weighted by Gasteiger charge is -2.11. The molecule has 4 nitrogen and oxygen atoms in total. The zero-order chi connectivity index (χ0) is 12.4. The highest BCUT2D eigenvalue weighted by molar-refractivity contribution is 5.82. The van der Waals surface area contributed by atoms with E-state index in [9.17, 15) is 4.79 Å². The SMILES string of the molecule is O=C(NCCNC1CC1)C1Cc2ccccc2O1. The molecule has 4 heteroatoms. The Labute approximate surface area is 107 Å². The van der Waals surface area contributed by atoms with E-state index in [-0.39, 0.29) is 12.0 Å². The number of nitrogens with one attached hydrogen (secondary N) is 2. The molecule has 0 saturated heterocycles. The van der Waals surface area contributed by atoms with Crippen molar-refractivity contribution in [3.8, 4) is 5.75 Å². The fourth-order valence-corrected chi connectivity index (χ4v) is 2.19. The molecule has 1 saturated carbocycles. The number of rotatable bonds is 5. The average Bonchev–Trinajstić information content (AvgIpc) is 3.10. The summed E-state index contributed by atoms with van der Waals surface area (Å²) in [6, 6.07) is 8.52. The van der Waals surface area contributed by atoms with Crippen molar-refractivity contribution in [3.63, 3.8) is 0 Å². The molecular weight excluding hydrogens is 228 g/mol. The molecule has 1 aromatic rings. The molecule has 1 aliphatic carbocycles. The first-order valence-corrected chi connectivity index (χ1v) is 6.58. The van der Waals surface area contributed by atoms with E-state index in [2.05, 4.69) is 10.6 Å². The van der Waals surface area contributed by atoms with Crippen molar-refractivity contribution < 1.29 is 9.53 Å². The predicted octanol–water partition coefficient (Wildman–Crippen LogP) is 0.858. The summed E-state index contributed by atoms with van der Waals surface area (Å²) < 4.78 is 5.63. The second-order valence-electron chi connectivity index (χ2n) is 4.94. The van der Waals surface area contributed by atoms with Crippen molar-refractivity contribution in [2.24, 2.45) is 0 Å². The molecule has 1 heterocycles. The normalized spacial score (nSPS) is 21.2. The van der Waals surface area contributed by atoms with Crippen molar-refractivity contribution >= 4 is 5.91 Å². The Morgan fingerprint density at radius 3 is 2.89 bits per heavy atom. The van der Waals surface area contributed by atoms with Gasteiger partial charge in [0.05, 0.1) is 0 Å². The summed E-state index contributed by atoms with van der Waals surface area (Å²) in [5.74, 6) is 0.831. The second-order valence-corrected chi connectivity index (χ2v) is 4.94. The maximum atomic E-state index is 11.9. The Hall–Kier alpha value is -1.55. The van der Waals surface area contributed by atoms with E-state index in [1.54, 1.807) is 0 Å². The topological polar surface area (TPSA) is 50.4 Å². The molecule has 0 radical (unpaired) electrons. The number of ether oxygens (including phenoxy) is 1. The molecule has 0 spiro atoms. The number of hydrogen-bond acceptors (Lipinski definition) is 3. The predicted molar refractivity (Wildman–Crippen MR) is 68.6 cm³/mol. The van der Waals surface area contributed by atoms with Crippen molar-refractivity contribution in [3.05, 3.63) is 29.8 Å². The maximum absolute atomic E-state index is 11.9. The van der Waals surface area contributed by atoms with Crippen LogP contribution < -0.4 is 15.4 Å². The fourth-order valence-electron chi connectivity index (χ4n) is 2.19. The van der Waals surface area contributed by atoms with Gasteiger partial charge in [0, 0.05) is 25.6 Å². The van der Waals surface area contributed by atoms with Gasteiger partial charge in [-0.15, -0.1) is 0 Å². The van der Waals surface area contributed by atoms with Gasteiger partial charge in [-0.3, -0.25) is 4.79 Å². The molecule has 0 bridgehead atoms. The van der Waals surface area contributed by atoms with Crippen molar-refractivity contribution in [2.75, 3.05) is 13.1 Å². The lowest BCUT2D eigenvalue weighted by molar-refractivity contribution is -0.127. The van der Waals surface area contributed by atoms with Crippen LogP contribution in [-0.4, -0.2) is 31.1 Å². The summed E-state index contributed by atoms with van der Waals surface area (Å²) in [6.45, 7) is 1.52. The van der Waals surface area contributed by atoms with Gasteiger partial charge < -0.3 is 15.4 Å². The monoisotopic (exact) mass is 246 g/mol. The highest BCUT2D eigenvalue weighted by atomic mass is 16.5. The van der Waals surface area contributed by atoms with Gasteiger partial charge in [0.2, 0.25) is 0 Å². The number of carbonyl (C=O) groups is 1. The van der Waals surface area contributed by atoms with Crippen LogP contribution in [0.15, 0.2) is 24.3 Å². The van der Waals surface area contributed by atoms with E-state index >= 15 is 0 Å². The van der Waals surface area contributed by atoms with Gasteiger partial charge in [0.1, 0.15) is 5.75 Å². The van der Waals surface area contributed by atoms with Crippen LogP contribution in [0.25, 0.3) is 0 Å². The number of carbonyl (C=O) groups excluding carboxylic acids is 1. The summed E-state index contributed by atoms with van der Waals surface area (Å²) >= 11 is 0. The lowest BCUT2D eigenvalue weighted by atomic mass is 10.1. The van der Waals surface area contributed by atoms with E-state index in [0.717, 1.165) is 17.9 Å². The smallest absolute Gasteiger partial charge is 0.261 e. The van der Waals surface area contributed by atoms with Crippen LogP contribution in [0, 0.1) is 0 Å². The molecule has 18 heavy (non-hydrogen) atoms. The number of amides is 1. The summed E-state index contributed by atoms with van der Waals surface area (Å²) in [7, 11) is 0. The molecule has 1 aliphatic heterocycles. The zero-order valence-electron chi connectivity index (χ0n) is 10.3. The Bertz CT molecular complexity index is 418. The molecule has 96 valence electrons. The second kappa shape index (κ2) is 4.98. The van der Waals surface area contributed by atoms with E-state index in [0.29, 0.717) is 19.0 Å². The molecule has 1 atom stereocenters. The molecule has 1 aromatic carbocycles. The summed E-state index contributed by atoms with van der Waals surface area (Å²) in [5, 5.41) is 6.28. The fraction of sp³-hybridized carbons (Fsp3) is 0.500. The molecular formula is C14H18N2O2. The van der Waals surface area contributed by atoms with E-state index in [4.69, 9.17) is 4.74 Å². The lowest BCUT2D eigenvalue weighted by Crippen LogP contribution is -2.40. The van der Waals surface area contributed by atoms with Gasteiger partial charge in [-0.25, -0.2) is 0 Å². The van der Waals surface area contributed by atoms with E-state index < -0.39 is 0 Å². The third kappa shape index (κ3) is 2.64. The van der Waals surface area contributed by atoms with Gasteiger partial charge in [-0.2, -0.15) is 0 Å². The Balaban J connectivity index is 1.43. The minimum absolute atomic E-state index is 0.0104. The Kier molecular flexibility index (Phi) is 3.19. The van der Waals surface area contributed by atoms with Crippen LogP contribution in [0.4, 0.5) is 0 Å². The molecule has 1 fully saturated rings. The maximum Gasteiger partial charge on any atom is 0.261 e. The molecule has 1 amide bonds. The van der Waals surface area contributed by atoms with Crippen molar-refractivity contribution in [2.45, 2.75) is 31.4 Å². The van der Waals surface area contributed by atoms with Crippen LogP contribution >= 0.6 is 0 Å². The van der Waals surface area contributed by atoms with E-state index in [1.165, 1.54) is 12.8 Å². The Morgan fingerprint density at radius 2 is 2.11 bits per heavy atom. The van der Waals surface area contributed by atoms with Gasteiger partial charge in [-0.05, 0) is 24.5 Å². The van der Waals surface area contributed by atoms with Crippen molar-refractivity contribution in [1.29, 1.82) is 0 Å². The van der Waals surface area contributed by atoms with Crippen LogP contribution in [0.3, 0.4) is 0 Å². The van der Waals surface area contributed by atoms with Gasteiger partial charge in [-0.1, -0.05) is 18.2 Å². The van der Waals surface area contributed by atoms with Crippen LogP contribution in [0.2, 0.25) is 0 Å². The third-order valence-electron chi connectivity index (χ3n) is 3.37. The quantitative estimate of drug-likeness (QED) is 0.758. The third-order valence-corrected chi connectivity index (χ3v) is 3.37.